The van der Waals surface area contributed by atoms with Crippen molar-refractivity contribution in [3.05, 3.63) is 28.2 Å². The van der Waals surface area contributed by atoms with E-state index in [9.17, 15) is 4.79 Å². The van der Waals surface area contributed by atoms with Gasteiger partial charge in [0.05, 0.1) is 17.7 Å². The van der Waals surface area contributed by atoms with E-state index in [1.807, 2.05) is 7.05 Å². The first-order chi connectivity index (χ1) is 10.0. The summed E-state index contributed by atoms with van der Waals surface area (Å²) < 4.78 is 10.9. The van der Waals surface area contributed by atoms with E-state index in [0.717, 1.165) is 13.1 Å². The molecule has 1 heterocycles. The van der Waals surface area contributed by atoms with Crippen LogP contribution in [0.4, 0.5) is 0 Å². The molecular formula is C14H18Cl2N2O3. The summed E-state index contributed by atoms with van der Waals surface area (Å²) in [6.45, 7) is 2.80. The van der Waals surface area contributed by atoms with Crippen LogP contribution in [0.2, 0.25) is 10.0 Å². The first-order valence-electron chi connectivity index (χ1n) is 6.69. The molecule has 0 aliphatic carbocycles. The lowest BCUT2D eigenvalue weighted by atomic mass is 10.3. The predicted molar refractivity (Wildman–Crippen MR) is 82.2 cm³/mol. The molecule has 1 aromatic rings. The van der Waals surface area contributed by atoms with Crippen molar-refractivity contribution in [2.24, 2.45) is 0 Å². The molecule has 1 atom stereocenters. The number of hydrogen-bond donors (Lipinski definition) is 1. The largest absolute Gasteiger partial charge is 0.482 e. The molecular weight excluding hydrogens is 315 g/mol. The molecule has 5 nitrogen and oxygen atoms in total. The Kier molecular flexibility index (Phi) is 6.11. The zero-order chi connectivity index (χ0) is 15.2. The number of amides is 1. The topological polar surface area (TPSA) is 50.8 Å². The summed E-state index contributed by atoms with van der Waals surface area (Å²) in [6.07, 6.45) is 0.0202. The molecule has 1 aliphatic heterocycles. The molecule has 1 saturated heterocycles. The average molecular weight is 333 g/mol. The van der Waals surface area contributed by atoms with Gasteiger partial charge in [0, 0.05) is 24.7 Å². The van der Waals surface area contributed by atoms with E-state index in [2.05, 4.69) is 10.2 Å². The van der Waals surface area contributed by atoms with E-state index in [1.165, 1.54) is 0 Å². The highest BCUT2D eigenvalue weighted by Crippen LogP contribution is 2.27. The van der Waals surface area contributed by atoms with Crippen LogP contribution in [0.15, 0.2) is 18.2 Å². The van der Waals surface area contributed by atoms with Crippen LogP contribution < -0.4 is 10.1 Å². The molecule has 2 rings (SSSR count). The number of halogens is 2. The SMILES string of the molecule is CN1CCOC(CNC(=O)COc2ccc(Cl)cc2Cl)C1. The Morgan fingerprint density at radius 2 is 2.33 bits per heavy atom. The summed E-state index contributed by atoms with van der Waals surface area (Å²) in [5.74, 6) is 0.225. The monoisotopic (exact) mass is 332 g/mol. The maximum atomic E-state index is 11.7. The van der Waals surface area contributed by atoms with E-state index in [-0.39, 0.29) is 18.6 Å². The fourth-order valence-electron chi connectivity index (χ4n) is 2.00. The van der Waals surface area contributed by atoms with Crippen LogP contribution in [0.3, 0.4) is 0 Å². The van der Waals surface area contributed by atoms with Crippen molar-refractivity contribution in [1.82, 2.24) is 10.2 Å². The molecule has 0 aromatic heterocycles. The average Bonchev–Trinajstić information content (AvgIpc) is 2.44. The van der Waals surface area contributed by atoms with Crippen molar-refractivity contribution in [1.29, 1.82) is 0 Å². The maximum absolute atomic E-state index is 11.7. The Morgan fingerprint density at radius 1 is 1.52 bits per heavy atom. The second-order valence-electron chi connectivity index (χ2n) is 4.92. The van der Waals surface area contributed by atoms with Crippen LogP contribution in [0.25, 0.3) is 0 Å². The van der Waals surface area contributed by atoms with Crippen molar-refractivity contribution >= 4 is 29.1 Å². The van der Waals surface area contributed by atoms with Crippen molar-refractivity contribution in [2.75, 3.05) is 39.9 Å². The summed E-state index contributed by atoms with van der Waals surface area (Å²) in [5, 5.41) is 3.69. The zero-order valence-electron chi connectivity index (χ0n) is 11.8. The van der Waals surface area contributed by atoms with Gasteiger partial charge in [-0.1, -0.05) is 23.2 Å². The van der Waals surface area contributed by atoms with Crippen molar-refractivity contribution in [3.8, 4) is 5.75 Å². The van der Waals surface area contributed by atoms with Gasteiger partial charge in [-0.25, -0.2) is 0 Å². The lowest BCUT2D eigenvalue weighted by Crippen LogP contribution is -2.46. The van der Waals surface area contributed by atoms with Gasteiger partial charge >= 0.3 is 0 Å². The number of morpholine rings is 1. The highest BCUT2D eigenvalue weighted by molar-refractivity contribution is 6.35. The molecule has 1 aliphatic rings. The second kappa shape index (κ2) is 7.84. The lowest BCUT2D eigenvalue weighted by Gasteiger charge is -2.30. The number of carbonyl (C=O) groups is 1. The van der Waals surface area contributed by atoms with Crippen molar-refractivity contribution < 1.29 is 14.3 Å². The molecule has 116 valence electrons. The van der Waals surface area contributed by atoms with E-state index in [4.69, 9.17) is 32.7 Å². The van der Waals surface area contributed by atoms with Gasteiger partial charge in [-0.05, 0) is 25.2 Å². The minimum Gasteiger partial charge on any atom is -0.482 e. The second-order valence-corrected chi connectivity index (χ2v) is 5.77. The van der Waals surface area contributed by atoms with Crippen LogP contribution in [-0.4, -0.2) is 56.8 Å². The summed E-state index contributed by atoms with van der Waals surface area (Å²) in [4.78, 5) is 13.9. The molecule has 0 bridgehead atoms. The molecule has 1 amide bonds. The Morgan fingerprint density at radius 3 is 3.05 bits per heavy atom. The van der Waals surface area contributed by atoms with Crippen LogP contribution in [-0.2, 0) is 9.53 Å². The number of hydrogen-bond acceptors (Lipinski definition) is 4. The smallest absolute Gasteiger partial charge is 0.258 e. The number of nitrogens with one attached hydrogen (secondary N) is 1. The van der Waals surface area contributed by atoms with Crippen molar-refractivity contribution in [2.45, 2.75) is 6.10 Å². The number of nitrogens with zero attached hydrogens (tertiary/aromatic N) is 1. The summed E-state index contributed by atoms with van der Waals surface area (Å²) in [5.41, 5.74) is 0. The van der Waals surface area contributed by atoms with Crippen molar-refractivity contribution in [3.63, 3.8) is 0 Å². The Bertz CT molecular complexity index is 499. The number of benzene rings is 1. The van der Waals surface area contributed by atoms with Gasteiger partial charge in [-0.15, -0.1) is 0 Å². The third kappa shape index (κ3) is 5.36. The minimum atomic E-state index is -0.210. The normalized spacial score (nSPS) is 19.3. The quantitative estimate of drug-likeness (QED) is 0.893. The van der Waals surface area contributed by atoms with Crippen LogP contribution >= 0.6 is 23.2 Å². The van der Waals surface area contributed by atoms with Crippen LogP contribution in [0.5, 0.6) is 5.75 Å². The third-order valence-electron chi connectivity index (χ3n) is 3.12. The molecule has 0 saturated carbocycles. The fourth-order valence-corrected chi connectivity index (χ4v) is 2.47. The molecule has 7 heteroatoms. The molecule has 1 aromatic carbocycles. The number of carbonyl (C=O) groups excluding carboxylic acids is 1. The molecule has 1 unspecified atom stereocenters. The van der Waals surface area contributed by atoms with Gasteiger partial charge in [-0.2, -0.15) is 0 Å². The molecule has 1 N–H and O–H groups in total. The molecule has 1 fully saturated rings. The van der Waals surface area contributed by atoms with Gasteiger partial charge < -0.3 is 19.7 Å². The van der Waals surface area contributed by atoms with Gasteiger partial charge in [0.15, 0.2) is 6.61 Å². The van der Waals surface area contributed by atoms with Crippen LogP contribution in [0.1, 0.15) is 0 Å². The van der Waals surface area contributed by atoms with Crippen LogP contribution in [0, 0.1) is 0 Å². The fraction of sp³-hybridized carbons (Fsp3) is 0.500. The molecule has 21 heavy (non-hydrogen) atoms. The molecule has 0 radical (unpaired) electrons. The summed E-state index contributed by atoms with van der Waals surface area (Å²) in [7, 11) is 2.03. The van der Waals surface area contributed by atoms with E-state index < -0.39 is 0 Å². The van der Waals surface area contributed by atoms with Gasteiger partial charge in [0.25, 0.3) is 5.91 Å². The first kappa shape index (κ1) is 16.4. The highest BCUT2D eigenvalue weighted by atomic mass is 35.5. The lowest BCUT2D eigenvalue weighted by molar-refractivity contribution is -0.124. The van der Waals surface area contributed by atoms with E-state index in [1.54, 1.807) is 18.2 Å². The first-order valence-corrected chi connectivity index (χ1v) is 7.45. The zero-order valence-corrected chi connectivity index (χ0v) is 13.3. The Balaban J connectivity index is 1.72. The Hall–Kier alpha value is -1.01. The van der Waals surface area contributed by atoms with E-state index >= 15 is 0 Å². The Labute approximate surface area is 134 Å². The molecule has 0 spiro atoms. The predicted octanol–water partition coefficient (Wildman–Crippen LogP) is 1.82. The van der Waals surface area contributed by atoms with Gasteiger partial charge in [0.2, 0.25) is 0 Å². The maximum Gasteiger partial charge on any atom is 0.258 e. The third-order valence-corrected chi connectivity index (χ3v) is 3.65. The van der Waals surface area contributed by atoms with E-state index in [0.29, 0.717) is 28.9 Å². The standard InChI is InChI=1S/C14H18Cl2N2O3/c1-18-4-5-20-11(8-18)7-17-14(19)9-21-13-3-2-10(15)6-12(13)16/h2-3,6,11H,4-5,7-9H2,1H3,(H,17,19). The van der Waals surface area contributed by atoms with Gasteiger partial charge in [0.1, 0.15) is 5.75 Å². The number of likely N-dealkylation sites (N-methyl/N-ethyl adjacent to an activating group) is 1. The number of ether oxygens (including phenoxy) is 2. The minimum absolute atomic E-state index is 0.0202. The summed E-state index contributed by atoms with van der Waals surface area (Å²) in [6, 6.07) is 4.87. The van der Waals surface area contributed by atoms with Gasteiger partial charge in [-0.3, -0.25) is 4.79 Å². The summed E-state index contributed by atoms with van der Waals surface area (Å²) >= 11 is 11.8. The highest BCUT2D eigenvalue weighted by Gasteiger charge is 2.18. The number of rotatable bonds is 5.